The van der Waals surface area contributed by atoms with Crippen LogP contribution in [0.2, 0.25) is 5.28 Å². The van der Waals surface area contributed by atoms with Crippen molar-refractivity contribution < 1.29 is 17.9 Å². The molecule has 2 rings (SSSR count). The van der Waals surface area contributed by atoms with E-state index in [0.29, 0.717) is 12.5 Å². The van der Waals surface area contributed by atoms with Gasteiger partial charge in [0.1, 0.15) is 0 Å². The molecule has 1 aromatic heterocycles. The van der Waals surface area contributed by atoms with Crippen LogP contribution in [0.15, 0.2) is 6.07 Å². The number of alkyl halides is 3. The zero-order valence-electron chi connectivity index (χ0n) is 9.50. The van der Waals surface area contributed by atoms with Gasteiger partial charge in [0.05, 0.1) is 6.61 Å². The lowest BCUT2D eigenvalue weighted by molar-refractivity contribution is -0.141. The Morgan fingerprint density at radius 3 is 2.61 bits per heavy atom. The molecule has 0 aliphatic heterocycles. The van der Waals surface area contributed by atoms with E-state index in [1.807, 2.05) is 0 Å². The van der Waals surface area contributed by atoms with Crippen LogP contribution >= 0.6 is 11.6 Å². The molecular formula is C11H12ClF3N2O. The van der Waals surface area contributed by atoms with Gasteiger partial charge in [0.25, 0.3) is 0 Å². The topological polar surface area (TPSA) is 35.0 Å². The minimum atomic E-state index is -4.54. The van der Waals surface area contributed by atoms with E-state index in [2.05, 4.69) is 9.97 Å². The maximum Gasteiger partial charge on any atom is 0.433 e. The highest BCUT2D eigenvalue weighted by Gasteiger charge is 2.33. The summed E-state index contributed by atoms with van der Waals surface area (Å²) in [6, 6.07) is 0.770. The first-order chi connectivity index (χ1) is 8.45. The number of ether oxygens (including phenoxy) is 1. The van der Waals surface area contributed by atoms with Gasteiger partial charge in [0, 0.05) is 6.07 Å². The first-order valence-electron chi connectivity index (χ1n) is 5.70. The average Bonchev–Trinajstić information content (AvgIpc) is 2.20. The number of hydrogen-bond donors (Lipinski definition) is 0. The lowest BCUT2D eigenvalue weighted by atomic mass is 9.83. The molecule has 3 nitrogen and oxygen atoms in total. The normalized spacial score (nSPS) is 16.4. The van der Waals surface area contributed by atoms with Gasteiger partial charge in [0.2, 0.25) is 11.2 Å². The summed E-state index contributed by atoms with van der Waals surface area (Å²) in [5.74, 6) is 0.506. The molecule has 1 aliphatic rings. The number of rotatable bonds is 4. The predicted octanol–water partition coefficient (Wildman–Crippen LogP) is 3.72. The Bertz CT molecular complexity index is 421. The van der Waals surface area contributed by atoms with E-state index in [1.165, 1.54) is 19.3 Å². The van der Waals surface area contributed by atoms with Crippen LogP contribution in [0.1, 0.15) is 31.4 Å². The summed E-state index contributed by atoms with van der Waals surface area (Å²) in [5.41, 5.74) is -1.08. The van der Waals surface area contributed by atoms with Crippen molar-refractivity contribution in [1.29, 1.82) is 0 Å². The molecule has 0 spiro atoms. The summed E-state index contributed by atoms with van der Waals surface area (Å²) >= 11 is 5.43. The molecule has 0 amide bonds. The van der Waals surface area contributed by atoms with Crippen LogP contribution < -0.4 is 4.74 Å². The third-order valence-electron chi connectivity index (χ3n) is 2.97. The SMILES string of the molecule is FC(F)(F)c1cc(OCCC2CCC2)nc(Cl)n1. The van der Waals surface area contributed by atoms with Crippen LogP contribution in [0.3, 0.4) is 0 Å². The second kappa shape index (κ2) is 5.30. The standard InChI is InChI=1S/C11H12ClF3N2O/c12-10-16-8(11(13,14)15)6-9(17-10)18-5-4-7-2-1-3-7/h6-7H,1-5H2. The largest absolute Gasteiger partial charge is 0.478 e. The van der Waals surface area contributed by atoms with Crippen molar-refractivity contribution in [2.45, 2.75) is 31.9 Å². The van der Waals surface area contributed by atoms with Crippen molar-refractivity contribution in [3.63, 3.8) is 0 Å². The number of aromatic nitrogens is 2. The smallest absolute Gasteiger partial charge is 0.433 e. The Morgan fingerprint density at radius 1 is 1.33 bits per heavy atom. The maximum atomic E-state index is 12.5. The van der Waals surface area contributed by atoms with E-state index in [0.717, 1.165) is 12.5 Å². The van der Waals surface area contributed by atoms with Gasteiger partial charge in [-0.15, -0.1) is 0 Å². The molecule has 0 saturated heterocycles. The van der Waals surface area contributed by atoms with Gasteiger partial charge >= 0.3 is 6.18 Å². The third kappa shape index (κ3) is 3.48. The molecular weight excluding hydrogens is 269 g/mol. The molecule has 18 heavy (non-hydrogen) atoms. The second-order valence-corrected chi connectivity index (χ2v) is 4.63. The Balaban J connectivity index is 1.96. The zero-order valence-corrected chi connectivity index (χ0v) is 10.3. The van der Waals surface area contributed by atoms with E-state index in [-0.39, 0.29) is 5.88 Å². The molecule has 0 bridgehead atoms. The van der Waals surface area contributed by atoms with E-state index in [9.17, 15) is 13.2 Å². The molecule has 0 radical (unpaired) electrons. The zero-order chi connectivity index (χ0) is 13.2. The predicted molar refractivity (Wildman–Crippen MR) is 59.5 cm³/mol. The molecule has 0 aromatic carbocycles. The van der Waals surface area contributed by atoms with Crippen LogP contribution in [0.25, 0.3) is 0 Å². The summed E-state index contributed by atoms with van der Waals surface area (Å²) in [6.07, 6.45) is -0.146. The quantitative estimate of drug-likeness (QED) is 0.789. The van der Waals surface area contributed by atoms with Crippen LogP contribution in [0, 0.1) is 5.92 Å². The van der Waals surface area contributed by atoms with Crippen molar-refractivity contribution >= 4 is 11.6 Å². The third-order valence-corrected chi connectivity index (χ3v) is 3.14. The molecule has 7 heteroatoms. The summed E-state index contributed by atoms with van der Waals surface area (Å²) in [4.78, 5) is 6.75. The van der Waals surface area contributed by atoms with Gasteiger partial charge in [-0.2, -0.15) is 18.2 Å². The fraction of sp³-hybridized carbons (Fsp3) is 0.636. The van der Waals surface area contributed by atoms with Crippen molar-refractivity contribution in [1.82, 2.24) is 9.97 Å². The van der Waals surface area contributed by atoms with Gasteiger partial charge in [0.15, 0.2) is 5.69 Å². The molecule has 100 valence electrons. The van der Waals surface area contributed by atoms with E-state index in [4.69, 9.17) is 16.3 Å². The monoisotopic (exact) mass is 280 g/mol. The lowest BCUT2D eigenvalue weighted by Crippen LogP contribution is -2.15. The van der Waals surface area contributed by atoms with E-state index in [1.54, 1.807) is 0 Å². The highest BCUT2D eigenvalue weighted by atomic mass is 35.5. The Kier molecular flexibility index (Phi) is 3.94. The maximum absolute atomic E-state index is 12.5. The molecule has 1 fully saturated rings. The van der Waals surface area contributed by atoms with Gasteiger partial charge in [-0.1, -0.05) is 19.3 Å². The molecule has 1 saturated carbocycles. The van der Waals surface area contributed by atoms with E-state index < -0.39 is 17.2 Å². The van der Waals surface area contributed by atoms with Crippen LogP contribution in [-0.4, -0.2) is 16.6 Å². The van der Waals surface area contributed by atoms with Crippen LogP contribution in [0.5, 0.6) is 5.88 Å². The van der Waals surface area contributed by atoms with Gasteiger partial charge in [-0.3, -0.25) is 0 Å². The summed E-state index contributed by atoms with van der Waals surface area (Å²) in [7, 11) is 0. The summed E-state index contributed by atoms with van der Waals surface area (Å²) < 4.78 is 42.6. The summed E-state index contributed by atoms with van der Waals surface area (Å²) in [6.45, 7) is 0.356. The first kappa shape index (κ1) is 13.4. The fourth-order valence-corrected chi connectivity index (χ4v) is 1.90. The van der Waals surface area contributed by atoms with Gasteiger partial charge in [-0.05, 0) is 23.9 Å². The summed E-state index contributed by atoms with van der Waals surface area (Å²) in [5, 5.41) is -0.455. The van der Waals surface area contributed by atoms with E-state index >= 15 is 0 Å². The minimum absolute atomic E-state index is 0.123. The van der Waals surface area contributed by atoms with Crippen molar-refractivity contribution in [3.8, 4) is 5.88 Å². The molecule has 1 heterocycles. The molecule has 0 unspecified atom stereocenters. The van der Waals surface area contributed by atoms with Crippen LogP contribution in [-0.2, 0) is 6.18 Å². The number of nitrogens with zero attached hydrogens (tertiary/aromatic N) is 2. The van der Waals surface area contributed by atoms with Crippen molar-refractivity contribution in [2.24, 2.45) is 5.92 Å². The second-order valence-electron chi connectivity index (χ2n) is 4.29. The van der Waals surface area contributed by atoms with Crippen LogP contribution in [0.4, 0.5) is 13.2 Å². The highest BCUT2D eigenvalue weighted by molar-refractivity contribution is 6.28. The molecule has 0 atom stereocenters. The van der Waals surface area contributed by atoms with Crippen molar-refractivity contribution in [3.05, 3.63) is 17.0 Å². The highest BCUT2D eigenvalue weighted by Crippen LogP contribution is 2.31. The lowest BCUT2D eigenvalue weighted by Gasteiger charge is -2.24. The molecule has 1 aliphatic carbocycles. The number of hydrogen-bond acceptors (Lipinski definition) is 3. The molecule has 1 aromatic rings. The van der Waals surface area contributed by atoms with Gasteiger partial charge < -0.3 is 4.74 Å². The molecule has 0 N–H and O–H groups in total. The van der Waals surface area contributed by atoms with Crippen molar-refractivity contribution in [2.75, 3.05) is 6.61 Å². The average molecular weight is 281 g/mol. The number of halogens is 4. The Hall–Kier alpha value is -1.04. The Morgan fingerprint density at radius 2 is 2.06 bits per heavy atom. The fourth-order valence-electron chi connectivity index (χ4n) is 1.73. The Labute approximate surface area is 107 Å². The van der Waals surface area contributed by atoms with Gasteiger partial charge in [-0.25, -0.2) is 4.98 Å². The minimum Gasteiger partial charge on any atom is -0.478 e. The first-order valence-corrected chi connectivity index (χ1v) is 6.07.